The molecule has 41 heavy (non-hydrogen) atoms. The van der Waals surface area contributed by atoms with E-state index in [0.29, 0.717) is 17.7 Å². The number of benzene rings is 1. The molecule has 2 aromatic heterocycles. The molecule has 3 aromatic rings. The fourth-order valence-electron chi connectivity index (χ4n) is 4.94. The molecule has 14 heteroatoms. The van der Waals surface area contributed by atoms with E-state index < -0.39 is 45.8 Å². The Morgan fingerprint density at radius 3 is 2.37 bits per heavy atom. The van der Waals surface area contributed by atoms with Gasteiger partial charge in [-0.05, 0) is 68.5 Å². The highest BCUT2D eigenvalue weighted by atomic mass is 32.2. The van der Waals surface area contributed by atoms with Crippen molar-refractivity contribution in [1.82, 2.24) is 24.6 Å². The molecule has 0 radical (unpaired) electrons. The van der Waals surface area contributed by atoms with Crippen LogP contribution in [0.15, 0.2) is 47.6 Å². The molecule has 0 unspecified atom stereocenters. The maximum Gasteiger partial charge on any atom is 0.451 e. The number of alkyl halides is 3. The first kappa shape index (κ1) is 28.6. The average Bonchev–Trinajstić information content (AvgIpc) is 3.71. The number of sulfonamides is 1. The molecular weight excluding hydrogens is 564 g/mol. The molecule has 2 fully saturated rings. The number of amides is 1. The van der Waals surface area contributed by atoms with Gasteiger partial charge in [0, 0.05) is 36.5 Å². The molecule has 5 rings (SSSR count). The van der Waals surface area contributed by atoms with Gasteiger partial charge in [-0.2, -0.15) is 22.7 Å². The molecule has 1 saturated carbocycles. The number of hydrogen-bond acceptors (Lipinski definition) is 7. The summed E-state index contributed by atoms with van der Waals surface area (Å²) in [6.07, 6.45) is -0.436. The molecule has 1 saturated heterocycles. The largest absolute Gasteiger partial charge is 0.451 e. The lowest BCUT2D eigenvalue weighted by Crippen LogP contribution is -2.48. The second-order valence-corrected chi connectivity index (χ2v) is 11.9. The highest BCUT2D eigenvalue weighted by Gasteiger charge is 2.44. The van der Waals surface area contributed by atoms with Crippen LogP contribution < -0.4 is 5.32 Å². The van der Waals surface area contributed by atoms with Gasteiger partial charge < -0.3 is 5.32 Å². The molecule has 214 valence electrons. The lowest BCUT2D eigenvalue weighted by Gasteiger charge is -2.27. The Labute approximate surface area is 233 Å². The highest BCUT2D eigenvalue weighted by Crippen LogP contribution is 2.42. The van der Waals surface area contributed by atoms with Crippen LogP contribution in [-0.4, -0.2) is 45.7 Å². The van der Waals surface area contributed by atoms with Gasteiger partial charge in [0.2, 0.25) is 21.8 Å². The van der Waals surface area contributed by atoms with Gasteiger partial charge in [0.15, 0.2) is 0 Å². The van der Waals surface area contributed by atoms with Crippen LogP contribution >= 0.6 is 0 Å². The molecule has 1 N–H and O–H groups in total. The average molecular weight is 589 g/mol. The Bertz CT molecular complexity index is 1620. The van der Waals surface area contributed by atoms with Gasteiger partial charge in [-0.15, -0.1) is 0 Å². The molecular formula is C27H24F4N6O3S. The van der Waals surface area contributed by atoms with Gasteiger partial charge in [-0.3, -0.25) is 9.78 Å². The Balaban J connectivity index is 1.41. The number of hydrogen-bond donors (Lipinski definition) is 1. The summed E-state index contributed by atoms with van der Waals surface area (Å²) in [5, 5.41) is 12.6. The third kappa shape index (κ3) is 5.77. The number of rotatable bonds is 7. The molecule has 1 aliphatic carbocycles. The highest BCUT2D eigenvalue weighted by molar-refractivity contribution is 7.89. The summed E-state index contributed by atoms with van der Waals surface area (Å²) >= 11 is 0. The zero-order valence-electron chi connectivity index (χ0n) is 21.7. The summed E-state index contributed by atoms with van der Waals surface area (Å²) in [4.78, 5) is 24.5. The molecule has 2 atom stereocenters. The minimum Gasteiger partial charge on any atom is -0.351 e. The Kier molecular flexibility index (Phi) is 7.52. The fourth-order valence-corrected chi connectivity index (χ4v) is 6.77. The van der Waals surface area contributed by atoms with Crippen LogP contribution in [0.25, 0.3) is 11.3 Å². The third-order valence-corrected chi connectivity index (χ3v) is 9.19. The van der Waals surface area contributed by atoms with Gasteiger partial charge in [0.25, 0.3) is 0 Å². The normalized spacial score (nSPS) is 19.6. The van der Waals surface area contributed by atoms with E-state index in [0.717, 1.165) is 53.8 Å². The summed E-state index contributed by atoms with van der Waals surface area (Å²) in [5.41, 5.74) is 1.56. The number of pyridine rings is 1. The Morgan fingerprint density at radius 1 is 1.12 bits per heavy atom. The second-order valence-electron chi connectivity index (χ2n) is 10.1. The minimum atomic E-state index is -4.71. The van der Waals surface area contributed by atoms with Gasteiger partial charge in [-0.25, -0.2) is 22.8 Å². The van der Waals surface area contributed by atoms with E-state index in [9.17, 15) is 36.0 Å². The van der Waals surface area contributed by atoms with Crippen LogP contribution in [0.5, 0.6) is 0 Å². The maximum absolute atomic E-state index is 13.4. The number of carbonyl (C=O) groups is 1. The Morgan fingerprint density at radius 2 is 1.78 bits per heavy atom. The zero-order valence-corrected chi connectivity index (χ0v) is 22.5. The summed E-state index contributed by atoms with van der Waals surface area (Å²) in [5.74, 6) is -2.46. The van der Waals surface area contributed by atoms with Crippen LogP contribution in [0.3, 0.4) is 0 Å². The van der Waals surface area contributed by atoms with E-state index in [1.54, 1.807) is 6.92 Å². The van der Waals surface area contributed by atoms with Crippen molar-refractivity contribution in [3.05, 3.63) is 71.2 Å². The zero-order chi connectivity index (χ0) is 29.5. The topological polar surface area (TPSA) is 129 Å². The quantitative estimate of drug-likeness (QED) is 0.408. The monoisotopic (exact) mass is 588 g/mol. The SMILES string of the molecule is C[C@H]1CC[C@@H](C(=O)NCc2cc(-c3cnc(C(F)(F)F)nc3)nc(C3CC3)c2C#N)N1S(=O)(=O)c1ccc(F)cc1. The van der Waals surface area contributed by atoms with Crippen molar-refractivity contribution in [2.75, 3.05) is 0 Å². The first-order valence-electron chi connectivity index (χ1n) is 12.8. The smallest absolute Gasteiger partial charge is 0.351 e. The van der Waals surface area contributed by atoms with Crippen molar-refractivity contribution in [2.45, 2.75) is 68.2 Å². The predicted octanol–water partition coefficient (Wildman–Crippen LogP) is 4.30. The second kappa shape index (κ2) is 10.8. The van der Waals surface area contributed by atoms with Gasteiger partial charge in [0.05, 0.1) is 21.8 Å². The van der Waals surface area contributed by atoms with Crippen LogP contribution in [0.2, 0.25) is 0 Å². The van der Waals surface area contributed by atoms with E-state index in [-0.39, 0.29) is 40.6 Å². The number of carbonyl (C=O) groups excluding carboxylic acids is 1. The number of nitriles is 1. The molecule has 0 spiro atoms. The standard InChI is InChI=1S/C27H24F4N6O3S/c1-15-2-9-23(37(15)41(39,40)20-7-5-19(28)6-8-20)25(38)33-12-17-10-22(36-24(16-3-4-16)21(17)11-32)18-13-34-26(35-14-18)27(29,30)31/h5-8,10,13-16,23H,2-4,9,12H2,1H3,(H,33,38)/t15-,23-/m0/s1. The lowest BCUT2D eigenvalue weighted by atomic mass is 10.0. The predicted molar refractivity (Wildman–Crippen MR) is 137 cm³/mol. The molecule has 0 bridgehead atoms. The van der Waals surface area contributed by atoms with Crippen LogP contribution in [0.4, 0.5) is 17.6 Å². The van der Waals surface area contributed by atoms with Crippen molar-refractivity contribution < 1.29 is 30.8 Å². The van der Waals surface area contributed by atoms with Crippen molar-refractivity contribution >= 4 is 15.9 Å². The van der Waals surface area contributed by atoms with E-state index in [1.807, 2.05) is 0 Å². The van der Waals surface area contributed by atoms with Gasteiger partial charge in [0.1, 0.15) is 17.9 Å². The molecule has 1 aromatic carbocycles. The molecule has 9 nitrogen and oxygen atoms in total. The lowest BCUT2D eigenvalue weighted by molar-refractivity contribution is -0.145. The maximum atomic E-state index is 13.4. The number of nitrogens with one attached hydrogen (secondary N) is 1. The Hall–Kier alpha value is -3.96. The first-order valence-corrected chi connectivity index (χ1v) is 14.2. The summed E-state index contributed by atoms with van der Waals surface area (Å²) in [6.45, 7) is 1.54. The third-order valence-electron chi connectivity index (χ3n) is 7.15. The van der Waals surface area contributed by atoms with Crippen molar-refractivity contribution in [3.63, 3.8) is 0 Å². The van der Waals surface area contributed by atoms with Crippen LogP contribution in [0.1, 0.15) is 61.2 Å². The fraction of sp³-hybridized carbons (Fsp3) is 0.370. The molecule has 1 amide bonds. The van der Waals surface area contributed by atoms with Crippen molar-refractivity contribution in [3.8, 4) is 17.3 Å². The number of aromatic nitrogens is 3. The van der Waals surface area contributed by atoms with E-state index in [4.69, 9.17) is 0 Å². The van der Waals surface area contributed by atoms with E-state index >= 15 is 0 Å². The summed E-state index contributed by atoms with van der Waals surface area (Å²) in [7, 11) is -4.11. The summed E-state index contributed by atoms with van der Waals surface area (Å²) < 4.78 is 80.0. The summed E-state index contributed by atoms with van der Waals surface area (Å²) in [6, 6.07) is 6.46. The van der Waals surface area contributed by atoms with E-state index in [1.165, 1.54) is 6.07 Å². The van der Waals surface area contributed by atoms with Gasteiger partial charge >= 0.3 is 6.18 Å². The first-order chi connectivity index (χ1) is 19.4. The molecule has 3 heterocycles. The molecule has 2 aliphatic rings. The van der Waals surface area contributed by atoms with Crippen LogP contribution in [0, 0.1) is 17.1 Å². The van der Waals surface area contributed by atoms with Crippen molar-refractivity contribution in [2.24, 2.45) is 0 Å². The van der Waals surface area contributed by atoms with E-state index in [2.05, 4.69) is 26.3 Å². The van der Waals surface area contributed by atoms with Gasteiger partial charge in [-0.1, -0.05) is 0 Å². The number of halogens is 4. The number of nitrogens with zero attached hydrogens (tertiary/aromatic N) is 5. The van der Waals surface area contributed by atoms with Crippen molar-refractivity contribution in [1.29, 1.82) is 5.26 Å². The minimum absolute atomic E-state index is 0.00134. The molecule has 1 aliphatic heterocycles. The van der Waals surface area contributed by atoms with Crippen LogP contribution in [-0.2, 0) is 27.5 Å².